The summed E-state index contributed by atoms with van der Waals surface area (Å²) in [5.74, 6) is 0.159. The molecule has 0 aliphatic carbocycles. The van der Waals surface area contributed by atoms with Crippen LogP contribution in [0, 0.1) is 12.8 Å². The molecule has 0 spiro atoms. The van der Waals surface area contributed by atoms with Crippen molar-refractivity contribution < 1.29 is 9.59 Å². The second kappa shape index (κ2) is 7.73. The molecule has 0 bridgehead atoms. The number of amides is 2. The van der Waals surface area contributed by atoms with E-state index in [0.717, 1.165) is 16.8 Å². The van der Waals surface area contributed by atoms with E-state index in [0.29, 0.717) is 19.0 Å². The van der Waals surface area contributed by atoms with Crippen molar-refractivity contribution in [1.29, 1.82) is 0 Å². The summed E-state index contributed by atoms with van der Waals surface area (Å²) in [5.41, 5.74) is 4.33. The highest BCUT2D eigenvalue weighted by molar-refractivity contribution is 6.00. The van der Waals surface area contributed by atoms with Crippen LogP contribution in [0.3, 0.4) is 0 Å². The van der Waals surface area contributed by atoms with Gasteiger partial charge in [-0.3, -0.25) is 9.59 Å². The zero-order valence-corrected chi connectivity index (χ0v) is 15.7. The molecule has 2 amide bonds. The van der Waals surface area contributed by atoms with Crippen molar-refractivity contribution in [3.8, 4) is 0 Å². The van der Waals surface area contributed by atoms with Crippen LogP contribution < -0.4 is 10.2 Å². The number of nitrogens with one attached hydrogen (secondary N) is 1. The molecular formula is C22H26N2O2. The summed E-state index contributed by atoms with van der Waals surface area (Å²) < 4.78 is 0. The van der Waals surface area contributed by atoms with Gasteiger partial charge in [0.05, 0.1) is 5.92 Å². The Kier molecular flexibility index (Phi) is 5.40. The molecule has 0 saturated carbocycles. The van der Waals surface area contributed by atoms with E-state index in [1.54, 1.807) is 4.90 Å². The van der Waals surface area contributed by atoms with E-state index < -0.39 is 0 Å². The van der Waals surface area contributed by atoms with Gasteiger partial charge in [-0.15, -0.1) is 0 Å². The molecule has 0 radical (unpaired) electrons. The lowest BCUT2D eigenvalue weighted by Gasteiger charge is -2.17. The van der Waals surface area contributed by atoms with Crippen LogP contribution in [-0.2, 0) is 16.1 Å². The lowest BCUT2D eigenvalue weighted by atomic mass is 10.0. The average molecular weight is 350 g/mol. The Morgan fingerprint density at radius 1 is 1.19 bits per heavy atom. The Bertz CT molecular complexity index is 796. The van der Waals surface area contributed by atoms with E-state index >= 15 is 0 Å². The normalized spacial score (nSPS) is 17.0. The van der Waals surface area contributed by atoms with Crippen LogP contribution in [0.4, 0.5) is 5.69 Å². The first-order valence-electron chi connectivity index (χ1n) is 9.17. The van der Waals surface area contributed by atoms with Gasteiger partial charge in [-0.1, -0.05) is 50.2 Å². The SMILES string of the molecule is Cc1cccc(N2C[C@@H](C(=O)NCc3ccc(C(C)C)cc3)CC2=O)c1. The predicted molar refractivity (Wildman–Crippen MR) is 104 cm³/mol. The van der Waals surface area contributed by atoms with Gasteiger partial charge in [0.1, 0.15) is 0 Å². The van der Waals surface area contributed by atoms with Gasteiger partial charge in [0.25, 0.3) is 0 Å². The molecule has 2 aromatic rings. The fourth-order valence-electron chi connectivity index (χ4n) is 3.28. The molecular weight excluding hydrogens is 324 g/mol. The van der Waals surface area contributed by atoms with Crippen molar-refractivity contribution in [2.24, 2.45) is 5.92 Å². The Labute approximate surface area is 155 Å². The Balaban J connectivity index is 1.58. The second-order valence-electron chi connectivity index (χ2n) is 7.36. The number of carbonyl (C=O) groups excluding carboxylic acids is 2. The minimum Gasteiger partial charge on any atom is -0.352 e. The zero-order chi connectivity index (χ0) is 18.7. The highest BCUT2D eigenvalue weighted by Crippen LogP contribution is 2.26. The number of rotatable bonds is 5. The molecule has 1 aliphatic rings. The maximum absolute atomic E-state index is 12.5. The molecule has 4 nitrogen and oxygen atoms in total. The van der Waals surface area contributed by atoms with Crippen LogP contribution in [0.2, 0.25) is 0 Å². The molecule has 3 rings (SSSR count). The van der Waals surface area contributed by atoms with Crippen molar-refractivity contribution in [3.63, 3.8) is 0 Å². The molecule has 1 fully saturated rings. The van der Waals surface area contributed by atoms with Gasteiger partial charge < -0.3 is 10.2 Å². The summed E-state index contributed by atoms with van der Waals surface area (Å²) in [6, 6.07) is 16.1. The molecule has 1 N–H and O–H groups in total. The number of aryl methyl sites for hydroxylation is 1. The molecule has 1 aliphatic heterocycles. The van der Waals surface area contributed by atoms with Gasteiger partial charge in [0, 0.05) is 25.2 Å². The predicted octanol–water partition coefficient (Wildman–Crippen LogP) is 3.79. The van der Waals surface area contributed by atoms with Gasteiger partial charge in [-0.2, -0.15) is 0 Å². The summed E-state index contributed by atoms with van der Waals surface area (Å²) in [5, 5.41) is 2.98. The van der Waals surface area contributed by atoms with Crippen LogP contribution in [0.5, 0.6) is 0 Å². The first-order chi connectivity index (χ1) is 12.4. The Morgan fingerprint density at radius 2 is 1.92 bits per heavy atom. The maximum atomic E-state index is 12.5. The first-order valence-corrected chi connectivity index (χ1v) is 9.17. The minimum atomic E-state index is -0.294. The number of benzene rings is 2. The van der Waals surface area contributed by atoms with Crippen LogP contribution in [-0.4, -0.2) is 18.4 Å². The summed E-state index contributed by atoms with van der Waals surface area (Å²) in [7, 11) is 0. The van der Waals surface area contributed by atoms with E-state index in [1.807, 2.05) is 31.2 Å². The van der Waals surface area contributed by atoms with Gasteiger partial charge in [0.15, 0.2) is 0 Å². The monoisotopic (exact) mass is 350 g/mol. The Hall–Kier alpha value is -2.62. The van der Waals surface area contributed by atoms with Crippen molar-refractivity contribution in [2.75, 3.05) is 11.4 Å². The Morgan fingerprint density at radius 3 is 2.58 bits per heavy atom. The van der Waals surface area contributed by atoms with E-state index in [-0.39, 0.29) is 24.2 Å². The van der Waals surface area contributed by atoms with E-state index in [2.05, 4.69) is 43.4 Å². The lowest BCUT2D eigenvalue weighted by Crippen LogP contribution is -2.32. The smallest absolute Gasteiger partial charge is 0.227 e. The molecule has 26 heavy (non-hydrogen) atoms. The van der Waals surface area contributed by atoms with Crippen LogP contribution in [0.15, 0.2) is 48.5 Å². The largest absolute Gasteiger partial charge is 0.352 e. The summed E-state index contributed by atoms with van der Waals surface area (Å²) >= 11 is 0. The number of carbonyl (C=O) groups is 2. The highest BCUT2D eigenvalue weighted by atomic mass is 16.2. The number of hydrogen-bond donors (Lipinski definition) is 1. The van der Waals surface area contributed by atoms with Gasteiger partial charge in [-0.05, 0) is 41.7 Å². The van der Waals surface area contributed by atoms with Crippen molar-refractivity contribution in [2.45, 2.75) is 39.7 Å². The minimum absolute atomic E-state index is 0.0111. The maximum Gasteiger partial charge on any atom is 0.227 e. The average Bonchev–Trinajstić information content (AvgIpc) is 3.02. The van der Waals surface area contributed by atoms with Crippen LogP contribution in [0.25, 0.3) is 0 Å². The fraction of sp³-hybridized carbons (Fsp3) is 0.364. The molecule has 136 valence electrons. The molecule has 4 heteroatoms. The topological polar surface area (TPSA) is 49.4 Å². The number of hydrogen-bond acceptors (Lipinski definition) is 2. The van der Waals surface area contributed by atoms with E-state index in [4.69, 9.17) is 0 Å². The number of nitrogens with zero attached hydrogens (tertiary/aromatic N) is 1. The third-order valence-electron chi connectivity index (χ3n) is 4.92. The lowest BCUT2D eigenvalue weighted by molar-refractivity contribution is -0.126. The van der Waals surface area contributed by atoms with E-state index in [1.165, 1.54) is 5.56 Å². The van der Waals surface area contributed by atoms with Crippen molar-refractivity contribution in [1.82, 2.24) is 5.32 Å². The third kappa shape index (κ3) is 4.13. The van der Waals surface area contributed by atoms with Gasteiger partial charge >= 0.3 is 0 Å². The first kappa shape index (κ1) is 18.2. The van der Waals surface area contributed by atoms with Gasteiger partial charge in [-0.25, -0.2) is 0 Å². The second-order valence-corrected chi connectivity index (χ2v) is 7.36. The van der Waals surface area contributed by atoms with Crippen LogP contribution in [0.1, 0.15) is 42.9 Å². The third-order valence-corrected chi connectivity index (χ3v) is 4.92. The van der Waals surface area contributed by atoms with Crippen LogP contribution >= 0.6 is 0 Å². The molecule has 0 aromatic heterocycles. The molecule has 1 saturated heterocycles. The highest BCUT2D eigenvalue weighted by Gasteiger charge is 2.34. The standard InChI is InChI=1S/C22H26N2O2/c1-15(2)18-9-7-17(8-10-18)13-23-22(26)19-12-21(25)24(14-19)20-6-4-5-16(3)11-20/h4-11,15,19H,12-14H2,1-3H3,(H,23,26)/t19-/m0/s1. The van der Waals surface area contributed by atoms with Crippen molar-refractivity contribution in [3.05, 3.63) is 65.2 Å². The summed E-state index contributed by atoms with van der Waals surface area (Å²) in [6.07, 6.45) is 0.270. The van der Waals surface area contributed by atoms with Crippen molar-refractivity contribution >= 4 is 17.5 Å². The molecule has 2 aromatic carbocycles. The van der Waals surface area contributed by atoms with E-state index in [9.17, 15) is 9.59 Å². The summed E-state index contributed by atoms with van der Waals surface area (Å²) in [6.45, 7) is 7.26. The molecule has 1 heterocycles. The fourth-order valence-corrected chi connectivity index (χ4v) is 3.28. The molecule has 1 atom stereocenters. The quantitative estimate of drug-likeness (QED) is 0.892. The molecule has 0 unspecified atom stereocenters. The van der Waals surface area contributed by atoms with Gasteiger partial charge in [0.2, 0.25) is 11.8 Å². The zero-order valence-electron chi connectivity index (χ0n) is 15.7. The summed E-state index contributed by atoms with van der Waals surface area (Å²) in [4.78, 5) is 26.5. The number of anilines is 1.